The van der Waals surface area contributed by atoms with Gasteiger partial charge in [0.2, 0.25) is 5.91 Å². The fraction of sp³-hybridized carbons (Fsp3) is 0.222. The highest BCUT2D eigenvalue weighted by Crippen LogP contribution is 2.27. The number of nitrogens with zero attached hydrogens (tertiary/aromatic N) is 2. The second kappa shape index (κ2) is 8.01. The molecular formula is C18H16BrN3O4S. The molecule has 7 nitrogen and oxygen atoms in total. The van der Waals surface area contributed by atoms with Crippen molar-refractivity contribution in [2.24, 2.45) is 0 Å². The number of amides is 1. The molecule has 0 atom stereocenters. The number of benzene rings is 1. The molecule has 3 rings (SSSR count). The molecule has 0 fully saturated rings. The van der Waals surface area contributed by atoms with Crippen molar-refractivity contribution in [3.8, 4) is 0 Å². The number of hydrogen-bond donors (Lipinski definition) is 1. The summed E-state index contributed by atoms with van der Waals surface area (Å²) in [5.41, 5.74) is 0.772. The topological polar surface area (TPSA) is 90.3 Å². The van der Waals surface area contributed by atoms with Gasteiger partial charge in [0, 0.05) is 10.2 Å². The number of aryl methyl sites for hydroxylation is 1. The van der Waals surface area contributed by atoms with Gasteiger partial charge in [-0.3, -0.25) is 14.2 Å². The molecule has 2 aromatic heterocycles. The first kappa shape index (κ1) is 19.2. The number of nitrogens with one attached hydrogen (secondary N) is 1. The van der Waals surface area contributed by atoms with Crippen molar-refractivity contribution in [2.45, 2.75) is 20.4 Å². The zero-order valence-electron chi connectivity index (χ0n) is 14.6. The lowest BCUT2D eigenvalue weighted by Gasteiger charge is -2.07. The predicted octanol–water partition coefficient (Wildman–Crippen LogP) is 3.34. The summed E-state index contributed by atoms with van der Waals surface area (Å²) in [6, 6.07) is 7.15. The SMILES string of the molecule is CCOC(=O)c1sc2ncn(CC(=O)Nc3cccc(Br)c3)c(=O)c2c1C. The van der Waals surface area contributed by atoms with Crippen LogP contribution in [0.3, 0.4) is 0 Å². The molecule has 0 aliphatic heterocycles. The molecule has 0 spiro atoms. The Balaban J connectivity index is 1.88. The number of thiophene rings is 1. The Morgan fingerprint density at radius 2 is 2.15 bits per heavy atom. The summed E-state index contributed by atoms with van der Waals surface area (Å²) >= 11 is 4.45. The predicted molar refractivity (Wildman–Crippen MR) is 107 cm³/mol. The number of fused-ring (bicyclic) bond motifs is 1. The minimum Gasteiger partial charge on any atom is -0.462 e. The molecule has 9 heteroatoms. The van der Waals surface area contributed by atoms with Crippen molar-refractivity contribution in [3.63, 3.8) is 0 Å². The van der Waals surface area contributed by atoms with Crippen LogP contribution < -0.4 is 10.9 Å². The molecule has 27 heavy (non-hydrogen) atoms. The monoisotopic (exact) mass is 449 g/mol. The highest BCUT2D eigenvalue weighted by atomic mass is 79.9. The number of anilines is 1. The Kier molecular flexibility index (Phi) is 5.71. The van der Waals surface area contributed by atoms with Gasteiger partial charge in [-0.15, -0.1) is 11.3 Å². The van der Waals surface area contributed by atoms with Crippen molar-refractivity contribution in [3.05, 3.63) is 55.9 Å². The number of carbonyl (C=O) groups is 2. The summed E-state index contributed by atoms with van der Waals surface area (Å²) in [7, 11) is 0. The number of aromatic nitrogens is 2. The maximum atomic E-state index is 12.8. The molecule has 0 radical (unpaired) electrons. The van der Waals surface area contributed by atoms with Crippen LogP contribution in [0.2, 0.25) is 0 Å². The standard InChI is InChI=1S/C18H16BrN3O4S/c1-3-26-18(25)15-10(2)14-16(27-15)20-9-22(17(14)24)8-13(23)21-12-6-4-5-11(19)7-12/h4-7,9H,3,8H2,1-2H3,(H,21,23). The molecule has 1 N–H and O–H groups in total. The zero-order valence-corrected chi connectivity index (χ0v) is 17.0. The van der Waals surface area contributed by atoms with E-state index in [0.29, 0.717) is 26.3 Å². The van der Waals surface area contributed by atoms with E-state index < -0.39 is 5.97 Å². The third-order valence-electron chi connectivity index (χ3n) is 3.80. The van der Waals surface area contributed by atoms with Crippen molar-refractivity contribution < 1.29 is 14.3 Å². The van der Waals surface area contributed by atoms with Crippen LogP contribution in [-0.4, -0.2) is 28.0 Å². The zero-order chi connectivity index (χ0) is 19.6. The lowest BCUT2D eigenvalue weighted by atomic mass is 10.2. The molecule has 0 aliphatic carbocycles. The van der Waals surface area contributed by atoms with Gasteiger partial charge in [-0.1, -0.05) is 22.0 Å². The van der Waals surface area contributed by atoms with Crippen LogP contribution in [0.5, 0.6) is 0 Å². The van der Waals surface area contributed by atoms with Crippen LogP contribution in [0.1, 0.15) is 22.2 Å². The smallest absolute Gasteiger partial charge is 0.348 e. The second-order valence-electron chi connectivity index (χ2n) is 5.69. The molecule has 0 unspecified atom stereocenters. The molecule has 3 aromatic rings. The number of hydrogen-bond acceptors (Lipinski definition) is 6. The van der Waals surface area contributed by atoms with Gasteiger partial charge in [-0.2, -0.15) is 0 Å². The quantitative estimate of drug-likeness (QED) is 0.603. The minimum absolute atomic E-state index is 0.182. The van der Waals surface area contributed by atoms with E-state index in [1.165, 1.54) is 10.9 Å². The first-order valence-corrected chi connectivity index (χ1v) is 9.72. The Morgan fingerprint density at radius 3 is 2.85 bits per heavy atom. The molecule has 0 bridgehead atoms. The van der Waals surface area contributed by atoms with Gasteiger partial charge in [0.05, 0.1) is 18.3 Å². The van der Waals surface area contributed by atoms with E-state index in [-0.39, 0.29) is 24.6 Å². The first-order chi connectivity index (χ1) is 12.9. The summed E-state index contributed by atoms with van der Waals surface area (Å²) in [6.45, 7) is 3.47. The van der Waals surface area contributed by atoms with Crippen LogP contribution in [0.15, 0.2) is 39.9 Å². The Bertz CT molecular complexity index is 1090. The summed E-state index contributed by atoms with van der Waals surface area (Å²) in [6.07, 6.45) is 1.32. The van der Waals surface area contributed by atoms with Gasteiger partial charge in [0.25, 0.3) is 5.56 Å². The van der Waals surface area contributed by atoms with Crippen molar-refractivity contribution >= 4 is 55.0 Å². The normalized spacial score (nSPS) is 10.8. The van der Waals surface area contributed by atoms with Gasteiger partial charge in [0.15, 0.2) is 0 Å². The average molecular weight is 450 g/mol. The fourth-order valence-corrected chi connectivity index (χ4v) is 4.02. The third kappa shape index (κ3) is 4.09. The number of ether oxygens (including phenoxy) is 1. The molecule has 0 aliphatic rings. The summed E-state index contributed by atoms with van der Waals surface area (Å²) in [5.74, 6) is -0.828. The molecule has 1 aromatic carbocycles. The van der Waals surface area contributed by atoms with Crippen molar-refractivity contribution in [1.29, 1.82) is 0 Å². The molecule has 0 saturated heterocycles. The summed E-state index contributed by atoms with van der Waals surface area (Å²) < 4.78 is 7.08. The minimum atomic E-state index is -0.476. The number of carbonyl (C=O) groups excluding carboxylic acids is 2. The maximum absolute atomic E-state index is 12.8. The average Bonchev–Trinajstić information content (AvgIpc) is 2.95. The van der Waals surface area contributed by atoms with Gasteiger partial charge in [-0.05, 0) is 37.6 Å². The Labute approximate surface area is 167 Å². The molecule has 1 amide bonds. The summed E-state index contributed by atoms with van der Waals surface area (Å²) in [5, 5.41) is 3.07. The van der Waals surface area contributed by atoms with Crippen LogP contribution in [0.25, 0.3) is 10.2 Å². The van der Waals surface area contributed by atoms with Crippen molar-refractivity contribution in [2.75, 3.05) is 11.9 Å². The third-order valence-corrected chi connectivity index (χ3v) is 5.47. The van der Waals surface area contributed by atoms with Gasteiger partial charge in [0.1, 0.15) is 16.3 Å². The first-order valence-electron chi connectivity index (χ1n) is 8.11. The maximum Gasteiger partial charge on any atom is 0.348 e. The number of rotatable bonds is 5. The van der Waals surface area contributed by atoms with Gasteiger partial charge < -0.3 is 10.1 Å². The van der Waals surface area contributed by atoms with E-state index in [0.717, 1.165) is 15.8 Å². The lowest BCUT2D eigenvalue weighted by Crippen LogP contribution is -2.27. The summed E-state index contributed by atoms with van der Waals surface area (Å²) in [4.78, 5) is 42.1. The number of halogens is 1. The van der Waals surface area contributed by atoms with E-state index >= 15 is 0 Å². The van der Waals surface area contributed by atoms with E-state index in [1.807, 2.05) is 6.07 Å². The highest BCUT2D eigenvalue weighted by Gasteiger charge is 2.20. The van der Waals surface area contributed by atoms with E-state index in [2.05, 4.69) is 26.2 Å². The Morgan fingerprint density at radius 1 is 1.37 bits per heavy atom. The van der Waals surface area contributed by atoms with Gasteiger partial charge in [-0.25, -0.2) is 9.78 Å². The van der Waals surface area contributed by atoms with Crippen LogP contribution in [-0.2, 0) is 16.1 Å². The van der Waals surface area contributed by atoms with E-state index in [9.17, 15) is 14.4 Å². The highest BCUT2D eigenvalue weighted by molar-refractivity contribution is 9.10. The van der Waals surface area contributed by atoms with Crippen molar-refractivity contribution in [1.82, 2.24) is 9.55 Å². The van der Waals surface area contributed by atoms with Crippen LogP contribution in [0.4, 0.5) is 5.69 Å². The molecule has 2 heterocycles. The fourth-order valence-electron chi connectivity index (χ4n) is 2.58. The lowest BCUT2D eigenvalue weighted by molar-refractivity contribution is -0.116. The Hall–Kier alpha value is -2.52. The second-order valence-corrected chi connectivity index (χ2v) is 7.61. The number of esters is 1. The molecule has 0 saturated carbocycles. The van der Waals surface area contributed by atoms with Crippen LogP contribution in [0, 0.1) is 6.92 Å². The molecular weight excluding hydrogens is 434 g/mol. The van der Waals surface area contributed by atoms with E-state index in [4.69, 9.17) is 4.74 Å². The van der Waals surface area contributed by atoms with Crippen LogP contribution >= 0.6 is 27.3 Å². The van der Waals surface area contributed by atoms with E-state index in [1.54, 1.807) is 32.0 Å². The van der Waals surface area contributed by atoms with Gasteiger partial charge >= 0.3 is 5.97 Å². The largest absolute Gasteiger partial charge is 0.462 e. The molecule has 140 valence electrons.